The predicted octanol–water partition coefficient (Wildman–Crippen LogP) is 3.41. The number of rotatable bonds is 11. The Kier molecular flexibility index (Phi) is 8.60. The number of sulfonamides is 1. The van der Waals surface area contributed by atoms with Crippen molar-refractivity contribution in [3.05, 3.63) is 66.0 Å². The molecule has 152 valence electrons. The van der Waals surface area contributed by atoms with E-state index >= 15 is 0 Å². The van der Waals surface area contributed by atoms with Crippen molar-refractivity contribution in [2.24, 2.45) is 0 Å². The Hall–Kier alpha value is -2.25. The molecule has 1 unspecified atom stereocenters. The second-order valence-corrected chi connectivity index (χ2v) is 8.38. The van der Waals surface area contributed by atoms with E-state index in [9.17, 15) is 17.6 Å². The molecule has 0 saturated heterocycles. The van der Waals surface area contributed by atoms with Crippen LogP contribution < -0.4 is 10.0 Å². The van der Waals surface area contributed by atoms with Crippen LogP contribution in [0.5, 0.6) is 0 Å². The summed E-state index contributed by atoms with van der Waals surface area (Å²) in [6, 6.07) is 12.8. The number of benzene rings is 2. The van der Waals surface area contributed by atoms with Gasteiger partial charge in [-0.25, -0.2) is 12.8 Å². The fourth-order valence-corrected chi connectivity index (χ4v) is 3.99. The van der Waals surface area contributed by atoms with Gasteiger partial charge in [0.15, 0.2) is 0 Å². The van der Waals surface area contributed by atoms with E-state index in [0.29, 0.717) is 6.54 Å². The Morgan fingerprint density at radius 2 is 1.68 bits per heavy atom. The molecule has 2 aromatic carbocycles. The molecule has 1 amide bonds. The van der Waals surface area contributed by atoms with Crippen LogP contribution in [0.3, 0.4) is 0 Å². The van der Waals surface area contributed by atoms with Crippen molar-refractivity contribution < 1.29 is 17.6 Å². The molecule has 0 fully saturated rings. The standard InChI is InChI=1S/C21H27FN2O3S/c1-2-3-4-8-15-23-21(25)20(16-17-9-6-5-7-10-17)24-28(26,27)19-13-11-18(22)12-14-19/h5-7,9-14,20,24H,2-4,8,15-16H2,1H3,(H,23,25). The van der Waals surface area contributed by atoms with Gasteiger partial charge in [-0.3, -0.25) is 4.79 Å². The molecule has 0 saturated carbocycles. The second-order valence-electron chi connectivity index (χ2n) is 6.67. The van der Waals surface area contributed by atoms with Crippen LogP contribution in [0.25, 0.3) is 0 Å². The molecule has 0 bridgehead atoms. The van der Waals surface area contributed by atoms with Gasteiger partial charge in [0.05, 0.1) is 4.90 Å². The predicted molar refractivity (Wildman–Crippen MR) is 108 cm³/mol. The number of carbonyl (C=O) groups is 1. The molecule has 0 aliphatic heterocycles. The molecular formula is C21H27FN2O3S. The highest BCUT2D eigenvalue weighted by molar-refractivity contribution is 7.89. The molecule has 0 aliphatic carbocycles. The van der Waals surface area contributed by atoms with E-state index in [0.717, 1.165) is 43.4 Å². The molecule has 2 aromatic rings. The molecule has 0 aliphatic rings. The van der Waals surface area contributed by atoms with Crippen LogP contribution in [0.2, 0.25) is 0 Å². The van der Waals surface area contributed by atoms with Gasteiger partial charge in [-0.2, -0.15) is 4.72 Å². The summed E-state index contributed by atoms with van der Waals surface area (Å²) in [7, 11) is -3.96. The number of nitrogens with one attached hydrogen (secondary N) is 2. The minimum atomic E-state index is -3.96. The lowest BCUT2D eigenvalue weighted by Crippen LogP contribution is -2.48. The van der Waals surface area contributed by atoms with Gasteiger partial charge >= 0.3 is 0 Å². The van der Waals surface area contributed by atoms with Gasteiger partial charge in [0.25, 0.3) is 0 Å². The lowest BCUT2D eigenvalue weighted by molar-refractivity contribution is -0.122. The second kappa shape index (κ2) is 10.9. The molecule has 28 heavy (non-hydrogen) atoms. The van der Waals surface area contributed by atoms with Crippen LogP contribution in [-0.4, -0.2) is 26.9 Å². The van der Waals surface area contributed by atoms with Gasteiger partial charge in [0, 0.05) is 6.54 Å². The van der Waals surface area contributed by atoms with Crippen molar-refractivity contribution in [3.8, 4) is 0 Å². The fourth-order valence-electron chi connectivity index (χ4n) is 2.79. The number of halogens is 1. The average molecular weight is 407 g/mol. The zero-order chi connectivity index (χ0) is 20.4. The molecular weight excluding hydrogens is 379 g/mol. The van der Waals surface area contributed by atoms with Crippen molar-refractivity contribution in [2.45, 2.75) is 50.0 Å². The number of amides is 1. The van der Waals surface area contributed by atoms with Crippen LogP contribution in [0, 0.1) is 5.82 Å². The van der Waals surface area contributed by atoms with E-state index in [1.165, 1.54) is 12.1 Å². The Balaban J connectivity index is 2.10. The van der Waals surface area contributed by atoms with Crippen LogP contribution >= 0.6 is 0 Å². The van der Waals surface area contributed by atoms with Crippen LogP contribution in [0.1, 0.15) is 38.2 Å². The quantitative estimate of drug-likeness (QED) is 0.562. The van der Waals surface area contributed by atoms with Gasteiger partial charge in [-0.05, 0) is 42.7 Å². The molecule has 2 N–H and O–H groups in total. The summed E-state index contributed by atoms with van der Waals surface area (Å²) < 4.78 is 40.9. The molecule has 2 rings (SSSR count). The third-order valence-corrected chi connectivity index (χ3v) is 5.84. The Bertz CT molecular complexity index is 840. The van der Waals surface area contributed by atoms with Crippen molar-refractivity contribution in [1.82, 2.24) is 10.0 Å². The third-order valence-electron chi connectivity index (χ3n) is 4.35. The molecule has 7 heteroatoms. The molecule has 0 spiro atoms. The monoisotopic (exact) mass is 406 g/mol. The van der Waals surface area contributed by atoms with Crippen molar-refractivity contribution in [2.75, 3.05) is 6.54 Å². The zero-order valence-electron chi connectivity index (χ0n) is 16.0. The van der Waals surface area contributed by atoms with Gasteiger partial charge < -0.3 is 5.32 Å². The highest BCUT2D eigenvalue weighted by Gasteiger charge is 2.26. The SMILES string of the molecule is CCCCCCNC(=O)C(Cc1ccccc1)NS(=O)(=O)c1ccc(F)cc1. The summed E-state index contributed by atoms with van der Waals surface area (Å²) in [6.07, 6.45) is 4.29. The van der Waals surface area contributed by atoms with E-state index < -0.39 is 21.9 Å². The maximum absolute atomic E-state index is 13.1. The average Bonchev–Trinajstić information content (AvgIpc) is 2.68. The van der Waals surface area contributed by atoms with Gasteiger partial charge in [-0.15, -0.1) is 0 Å². The third kappa shape index (κ3) is 7.05. The summed E-state index contributed by atoms with van der Waals surface area (Å²) >= 11 is 0. The lowest BCUT2D eigenvalue weighted by Gasteiger charge is -2.19. The number of hydrogen-bond acceptors (Lipinski definition) is 3. The minimum Gasteiger partial charge on any atom is -0.355 e. The maximum Gasteiger partial charge on any atom is 0.241 e. The van der Waals surface area contributed by atoms with Gasteiger partial charge in [0.1, 0.15) is 11.9 Å². The van der Waals surface area contributed by atoms with E-state index in [-0.39, 0.29) is 17.2 Å². The first-order valence-corrected chi connectivity index (χ1v) is 11.0. The molecule has 0 heterocycles. The van der Waals surface area contributed by atoms with Gasteiger partial charge in [-0.1, -0.05) is 56.5 Å². The van der Waals surface area contributed by atoms with Gasteiger partial charge in [0.2, 0.25) is 15.9 Å². The van der Waals surface area contributed by atoms with E-state index in [4.69, 9.17) is 0 Å². The highest BCUT2D eigenvalue weighted by atomic mass is 32.2. The first-order chi connectivity index (χ1) is 13.4. The molecule has 5 nitrogen and oxygen atoms in total. The van der Waals surface area contributed by atoms with Crippen molar-refractivity contribution in [3.63, 3.8) is 0 Å². The van der Waals surface area contributed by atoms with Crippen LogP contribution in [0.4, 0.5) is 4.39 Å². The first-order valence-electron chi connectivity index (χ1n) is 9.52. The van der Waals surface area contributed by atoms with E-state index in [1.807, 2.05) is 30.3 Å². The van der Waals surface area contributed by atoms with E-state index in [1.54, 1.807) is 0 Å². The largest absolute Gasteiger partial charge is 0.355 e. The number of hydrogen-bond donors (Lipinski definition) is 2. The fraction of sp³-hybridized carbons (Fsp3) is 0.381. The lowest BCUT2D eigenvalue weighted by atomic mass is 10.1. The Labute approximate surface area is 166 Å². The number of unbranched alkanes of at least 4 members (excludes halogenated alkanes) is 3. The Morgan fingerprint density at radius 3 is 2.32 bits per heavy atom. The zero-order valence-corrected chi connectivity index (χ0v) is 16.8. The summed E-state index contributed by atoms with van der Waals surface area (Å²) in [5.41, 5.74) is 0.843. The molecule has 1 atom stereocenters. The van der Waals surface area contributed by atoms with E-state index in [2.05, 4.69) is 17.0 Å². The maximum atomic E-state index is 13.1. The molecule has 0 radical (unpaired) electrons. The number of carbonyl (C=O) groups excluding carboxylic acids is 1. The summed E-state index contributed by atoms with van der Waals surface area (Å²) in [4.78, 5) is 12.6. The smallest absolute Gasteiger partial charge is 0.241 e. The van der Waals surface area contributed by atoms with Crippen molar-refractivity contribution >= 4 is 15.9 Å². The van der Waals surface area contributed by atoms with Crippen LogP contribution in [0.15, 0.2) is 59.5 Å². The Morgan fingerprint density at radius 1 is 1.00 bits per heavy atom. The highest BCUT2D eigenvalue weighted by Crippen LogP contribution is 2.12. The van der Waals surface area contributed by atoms with Crippen LogP contribution in [-0.2, 0) is 21.2 Å². The first kappa shape index (κ1) is 22.0. The van der Waals surface area contributed by atoms with Crippen molar-refractivity contribution in [1.29, 1.82) is 0 Å². The summed E-state index contributed by atoms with van der Waals surface area (Å²) in [5, 5.41) is 2.82. The topological polar surface area (TPSA) is 75.3 Å². The minimum absolute atomic E-state index is 0.0808. The normalized spacial score (nSPS) is 12.5. The summed E-state index contributed by atoms with van der Waals surface area (Å²) in [6.45, 7) is 2.61. The molecule has 0 aromatic heterocycles. The summed E-state index contributed by atoms with van der Waals surface area (Å²) in [5.74, 6) is -0.893.